The van der Waals surface area contributed by atoms with Crippen LogP contribution in [0, 0.1) is 0 Å². The van der Waals surface area contributed by atoms with E-state index in [0.717, 1.165) is 24.0 Å². The molecule has 1 aromatic heterocycles. The largest absolute Gasteiger partial charge is 0.451 e. The second-order valence-corrected chi connectivity index (χ2v) is 5.68. The van der Waals surface area contributed by atoms with Crippen LogP contribution in [0.3, 0.4) is 0 Å². The van der Waals surface area contributed by atoms with Crippen molar-refractivity contribution in [2.45, 2.75) is 44.6 Å². The SMILES string of the molecule is CC1(C(=O)N2CCn3c(nnc3C(F)(F)F)C2)CCCN1. The fraction of sp³-hybridized carbons (Fsp3) is 0.750. The third kappa shape index (κ3) is 2.39. The zero-order chi connectivity index (χ0) is 15.3. The van der Waals surface area contributed by atoms with E-state index in [0.29, 0.717) is 0 Å². The third-order valence-electron chi connectivity index (χ3n) is 4.13. The molecule has 6 nitrogen and oxygen atoms in total. The molecule has 0 bridgehead atoms. The number of hydrogen-bond donors (Lipinski definition) is 1. The van der Waals surface area contributed by atoms with Crippen LogP contribution in [-0.4, -0.2) is 44.2 Å². The molecule has 3 heterocycles. The Morgan fingerprint density at radius 1 is 1.33 bits per heavy atom. The van der Waals surface area contributed by atoms with Gasteiger partial charge in [0.05, 0.1) is 12.1 Å². The summed E-state index contributed by atoms with van der Waals surface area (Å²) < 4.78 is 39.3. The van der Waals surface area contributed by atoms with Crippen molar-refractivity contribution >= 4 is 5.91 Å². The van der Waals surface area contributed by atoms with E-state index in [9.17, 15) is 18.0 Å². The summed E-state index contributed by atoms with van der Waals surface area (Å²) in [7, 11) is 0. The molecular formula is C12H16F3N5O. The molecule has 1 fully saturated rings. The molecule has 116 valence electrons. The first-order valence-corrected chi connectivity index (χ1v) is 6.85. The van der Waals surface area contributed by atoms with Crippen LogP contribution in [0.5, 0.6) is 0 Å². The van der Waals surface area contributed by atoms with Gasteiger partial charge in [-0.1, -0.05) is 0 Å². The number of aromatic nitrogens is 3. The summed E-state index contributed by atoms with van der Waals surface area (Å²) in [6.07, 6.45) is -2.86. The Morgan fingerprint density at radius 2 is 2.10 bits per heavy atom. The Bertz CT molecular complexity index is 562. The maximum absolute atomic E-state index is 12.8. The van der Waals surface area contributed by atoms with Gasteiger partial charge in [-0.25, -0.2) is 0 Å². The van der Waals surface area contributed by atoms with Crippen LogP contribution in [0.1, 0.15) is 31.4 Å². The minimum atomic E-state index is -4.52. The summed E-state index contributed by atoms with van der Waals surface area (Å²) in [6, 6.07) is 0. The van der Waals surface area contributed by atoms with Crippen LogP contribution in [0.2, 0.25) is 0 Å². The van der Waals surface area contributed by atoms with Crippen LogP contribution in [-0.2, 0) is 24.1 Å². The van der Waals surface area contributed by atoms with Gasteiger partial charge in [0, 0.05) is 13.1 Å². The molecule has 21 heavy (non-hydrogen) atoms. The first-order valence-electron chi connectivity index (χ1n) is 6.85. The molecule has 3 rings (SSSR count). The quantitative estimate of drug-likeness (QED) is 0.833. The van der Waals surface area contributed by atoms with Crippen LogP contribution in [0.15, 0.2) is 0 Å². The first kappa shape index (κ1) is 14.3. The van der Waals surface area contributed by atoms with E-state index >= 15 is 0 Å². The van der Waals surface area contributed by atoms with E-state index in [1.165, 1.54) is 0 Å². The lowest BCUT2D eigenvalue weighted by Gasteiger charge is -2.34. The maximum Gasteiger partial charge on any atom is 0.451 e. The van der Waals surface area contributed by atoms with Crippen LogP contribution >= 0.6 is 0 Å². The highest BCUT2D eigenvalue weighted by Gasteiger charge is 2.43. The number of nitrogens with zero attached hydrogens (tertiary/aromatic N) is 4. The number of nitrogens with one attached hydrogen (secondary N) is 1. The van der Waals surface area contributed by atoms with Gasteiger partial charge in [0.2, 0.25) is 11.7 Å². The van der Waals surface area contributed by atoms with Crippen molar-refractivity contribution in [3.05, 3.63) is 11.6 Å². The molecule has 9 heteroatoms. The van der Waals surface area contributed by atoms with Crippen molar-refractivity contribution in [2.75, 3.05) is 13.1 Å². The molecule has 0 radical (unpaired) electrons. The molecular weight excluding hydrogens is 287 g/mol. The fourth-order valence-electron chi connectivity index (χ4n) is 2.97. The van der Waals surface area contributed by atoms with Crippen molar-refractivity contribution in [3.63, 3.8) is 0 Å². The zero-order valence-electron chi connectivity index (χ0n) is 11.6. The minimum absolute atomic E-state index is 0.0684. The number of carbonyl (C=O) groups excluding carboxylic acids is 1. The number of alkyl halides is 3. The normalized spacial score (nSPS) is 26.0. The summed E-state index contributed by atoms with van der Waals surface area (Å²) in [6.45, 7) is 3.00. The van der Waals surface area contributed by atoms with E-state index in [1.807, 2.05) is 6.92 Å². The predicted molar refractivity (Wildman–Crippen MR) is 66.1 cm³/mol. The van der Waals surface area contributed by atoms with Crippen LogP contribution < -0.4 is 5.32 Å². The lowest BCUT2D eigenvalue weighted by atomic mass is 9.98. The van der Waals surface area contributed by atoms with Gasteiger partial charge in [-0.05, 0) is 26.3 Å². The molecule has 0 aromatic carbocycles. The topological polar surface area (TPSA) is 63.1 Å². The number of fused-ring (bicyclic) bond motifs is 1. The Kier molecular flexibility index (Phi) is 3.19. The Hall–Kier alpha value is -1.64. The van der Waals surface area contributed by atoms with E-state index in [4.69, 9.17) is 0 Å². The molecule has 0 saturated carbocycles. The highest BCUT2D eigenvalue weighted by molar-refractivity contribution is 5.86. The minimum Gasteiger partial charge on any atom is -0.332 e. The summed E-state index contributed by atoms with van der Waals surface area (Å²) in [5.74, 6) is -0.888. The maximum atomic E-state index is 12.8. The van der Waals surface area contributed by atoms with Gasteiger partial charge in [-0.3, -0.25) is 4.79 Å². The standard InChI is InChI=1S/C12H16F3N5O/c1-11(3-2-4-16-11)10(21)19-5-6-20-8(7-19)17-18-9(20)12(13,14)15/h16H,2-7H2,1H3. The van der Waals surface area contributed by atoms with Crippen LogP contribution in [0.25, 0.3) is 0 Å². The average Bonchev–Trinajstić information content (AvgIpc) is 3.03. The fourth-order valence-corrected chi connectivity index (χ4v) is 2.97. The lowest BCUT2D eigenvalue weighted by Crippen LogP contribution is -2.54. The molecule has 1 aromatic rings. The predicted octanol–water partition coefficient (Wildman–Crippen LogP) is 0.781. The van der Waals surface area contributed by atoms with E-state index in [2.05, 4.69) is 15.5 Å². The summed E-state index contributed by atoms with van der Waals surface area (Å²) in [5.41, 5.74) is -0.616. The monoisotopic (exact) mass is 303 g/mol. The van der Waals surface area contributed by atoms with Gasteiger partial charge in [0.15, 0.2) is 5.82 Å². The first-order chi connectivity index (χ1) is 9.81. The lowest BCUT2D eigenvalue weighted by molar-refractivity contribution is -0.148. The van der Waals surface area contributed by atoms with Crippen molar-refractivity contribution in [1.82, 2.24) is 25.0 Å². The zero-order valence-corrected chi connectivity index (χ0v) is 11.6. The van der Waals surface area contributed by atoms with Gasteiger partial charge in [0.1, 0.15) is 0 Å². The van der Waals surface area contributed by atoms with Gasteiger partial charge in [-0.15, -0.1) is 10.2 Å². The van der Waals surface area contributed by atoms with Crippen molar-refractivity contribution in [1.29, 1.82) is 0 Å². The molecule has 1 amide bonds. The third-order valence-corrected chi connectivity index (χ3v) is 4.13. The second kappa shape index (κ2) is 4.69. The molecule has 1 unspecified atom stereocenters. The second-order valence-electron chi connectivity index (χ2n) is 5.68. The molecule has 2 aliphatic heterocycles. The smallest absolute Gasteiger partial charge is 0.332 e. The number of carbonyl (C=O) groups is 1. The van der Waals surface area contributed by atoms with Crippen molar-refractivity contribution in [3.8, 4) is 0 Å². The summed E-state index contributed by atoms with van der Waals surface area (Å²) in [4.78, 5) is 14.1. The highest BCUT2D eigenvalue weighted by atomic mass is 19.4. The van der Waals surface area contributed by atoms with Crippen molar-refractivity contribution in [2.24, 2.45) is 0 Å². The number of amides is 1. The molecule has 0 aliphatic carbocycles. The van der Waals surface area contributed by atoms with Crippen LogP contribution in [0.4, 0.5) is 13.2 Å². The molecule has 1 atom stereocenters. The molecule has 1 N–H and O–H groups in total. The van der Waals surface area contributed by atoms with E-state index in [-0.39, 0.29) is 31.4 Å². The van der Waals surface area contributed by atoms with Gasteiger partial charge in [-0.2, -0.15) is 13.2 Å². The molecule has 2 aliphatic rings. The Labute approximate surface area is 119 Å². The Balaban J connectivity index is 1.79. The van der Waals surface area contributed by atoms with Gasteiger partial charge < -0.3 is 14.8 Å². The highest BCUT2D eigenvalue weighted by Crippen LogP contribution is 2.30. The van der Waals surface area contributed by atoms with Crippen molar-refractivity contribution < 1.29 is 18.0 Å². The summed E-state index contributed by atoms with van der Waals surface area (Å²) >= 11 is 0. The van der Waals surface area contributed by atoms with Gasteiger partial charge in [0.25, 0.3) is 0 Å². The number of hydrogen-bond acceptors (Lipinski definition) is 4. The van der Waals surface area contributed by atoms with Gasteiger partial charge >= 0.3 is 6.18 Å². The molecule has 1 saturated heterocycles. The molecule has 0 spiro atoms. The van der Waals surface area contributed by atoms with E-state index in [1.54, 1.807) is 4.90 Å². The Morgan fingerprint density at radius 3 is 2.71 bits per heavy atom. The summed E-state index contributed by atoms with van der Waals surface area (Å²) in [5, 5.41) is 9.97. The number of rotatable bonds is 1. The number of halogens is 3. The van der Waals surface area contributed by atoms with E-state index < -0.39 is 17.5 Å². The average molecular weight is 303 g/mol.